The van der Waals surface area contributed by atoms with Crippen LogP contribution in [0.25, 0.3) is 0 Å². The third-order valence-electron chi connectivity index (χ3n) is 5.01. The molecule has 6 nitrogen and oxygen atoms in total. The van der Waals surface area contributed by atoms with Crippen LogP contribution in [0, 0.1) is 5.92 Å². The molecule has 1 amide bonds. The maximum atomic E-state index is 13.2. The number of ether oxygens (including phenoxy) is 1. The second-order valence-corrected chi connectivity index (χ2v) is 6.70. The monoisotopic (exact) mass is 326 g/mol. The van der Waals surface area contributed by atoms with E-state index in [0.717, 1.165) is 24.2 Å². The van der Waals surface area contributed by atoms with Crippen molar-refractivity contribution in [2.24, 2.45) is 5.92 Å². The second-order valence-electron chi connectivity index (χ2n) is 6.70. The normalized spacial score (nSPS) is 26.9. The Kier molecular flexibility index (Phi) is 4.06. The number of nitrogens with zero attached hydrogens (tertiary/aromatic N) is 4. The van der Waals surface area contributed by atoms with Crippen LogP contribution >= 0.6 is 0 Å². The minimum Gasteiger partial charge on any atom is -0.374 e. The number of carbonyl (C=O) groups excluding carboxylic acids is 1. The molecule has 0 radical (unpaired) electrons. The van der Waals surface area contributed by atoms with Gasteiger partial charge >= 0.3 is 0 Å². The number of fused-ring (bicyclic) bond motifs is 1. The highest BCUT2D eigenvalue weighted by Crippen LogP contribution is 2.30. The minimum absolute atomic E-state index is 0.00258. The Morgan fingerprint density at radius 1 is 1.25 bits per heavy atom. The highest BCUT2D eigenvalue weighted by atomic mass is 16.5. The van der Waals surface area contributed by atoms with Crippen molar-refractivity contribution >= 4 is 5.91 Å². The first-order valence-corrected chi connectivity index (χ1v) is 8.56. The van der Waals surface area contributed by atoms with Crippen LogP contribution in [-0.4, -0.2) is 44.8 Å². The number of aryl methyl sites for hydroxylation is 1. The van der Waals surface area contributed by atoms with Gasteiger partial charge < -0.3 is 14.2 Å². The zero-order chi connectivity index (χ0) is 16.5. The van der Waals surface area contributed by atoms with Crippen molar-refractivity contribution in [3.8, 4) is 0 Å². The number of carbonyl (C=O) groups is 1. The number of morpholine rings is 1. The van der Waals surface area contributed by atoms with Gasteiger partial charge in [0.05, 0.1) is 24.7 Å². The Hall–Kier alpha value is -2.21. The molecule has 2 aromatic rings. The zero-order valence-electron chi connectivity index (χ0n) is 13.8. The summed E-state index contributed by atoms with van der Waals surface area (Å²) in [5.74, 6) is 1.19. The average Bonchev–Trinajstić information content (AvgIpc) is 3.09. The molecule has 3 unspecified atom stereocenters. The van der Waals surface area contributed by atoms with E-state index < -0.39 is 0 Å². The van der Waals surface area contributed by atoms with Crippen molar-refractivity contribution in [2.75, 3.05) is 13.2 Å². The summed E-state index contributed by atoms with van der Waals surface area (Å²) in [6.45, 7) is 3.90. The lowest BCUT2D eigenvalue weighted by Crippen LogP contribution is -2.50. The van der Waals surface area contributed by atoms with Crippen LogP contribution in [0.2, 0.25) is 0 Å². The summed E-state index contributed by atoms with van der Waals surface area (Å²) in [6.07, 6.45) is 3.45. The van der Waals surface area contributed by atoms with Crippen molar-refractivity contribution in [1.82, 2.24) is 19.7 Å². The molecular weight excluding hydrogens is 304 g/mol. The topological polar surface area (TPSA) is 60.2 Å². The first kappa shape index (κ1) is 15.3. The molecule has 4 rings (SSSR count). The molecule has 1 fully saturated rings. The summed E-state index contributed by atoms with van der Waals surface area (Å²) < 4.78 is 7.84. The molecule has 1 aromatic heterocycles. The van der Waals surface area contributed by atoms with E-state index in [9.17, 15) is 4.79 Å². The Balaban J connectivity index is 1.56. The van der Waals surface area contributed by atoms with Gasteiger partial charge in [-0.25, -0.2) is 0 Å². The number of hydrogen-bond donors (Lipinski definition) is 0. The van der Waals surface area contributed by atoms with Crippen LogP contribution in [0.5, 0.6) is 0 Å². The Morgan fingerprint density at radius 2 is 2.08 bits per heavy atom. The van der Waals surface area contributed by atoms with Gasteiger partial charge in [-0.2, -0.15) is 0 Å². The third-order valence-corrected chi connectivity index (χ3v) is 5.01. The molecule has 126 valence electrons. The van der Waals surface area contributed by atoms with E-state index in [1.165, 1.54) is 0 Å². The lowest BCUT2D eigenvalue weighted by Gasteiger charge is -2.41. The van der Waals surface area contributed by atoms with Gasteiger partial charge in [0, 0.05) is 19.5 Å². The predicted octanol–water partition coefficient (Wildman–Crippen LogP) is 1.83. The molecule has 3 atom stereocenters. The molecule has 3 heterocycles. The first-order chi connectivity index (χ1) is 11.7. The molecule has 1 saturated heterocycles. The number of aromatic nitrogens is 3. The van der Waals surface area contributed by atoms with Crippen molar-refractivity contribution in [2.45, 2.75) is 38.5 Å². The van der Waals surface area contributed by atoms with Gasteiger partial charge in [0.15, 0.2) is 0 Å². The van der Waals surface area contributed by atoms with E-state index in [1.54, 1.807) is 6.33 Å². The average molecular weight is 326 g/mol. The number of rotatable bonds is 2. The van der Waals surface area contributed by atoms with Crippen LogP contribution in [0.1, 0.15) is 30.8 Å². The van der Waals surface area contributed by atoms with Gasteiger partial charge in [0.1, 0.15) is 12.2 Å². The number of benzene rings is 1. The molecule has 2 aliphatic rings. The molecule has 0 spiro atoms. The number of amides is 1. The summed E-state index contributed by atoms with van der Waals surface area (Å²) >= 11 is 0. The summed E-state index contributed by atoms with van der Waals surface area (Å²) in [5, 5.41) is 8.06. The fraction of sp³-hybridized carbons (Fsp3) is 0.500. The molecule has 6 heteroatoms. The van der Waals surface area contributed by atoms with Gasteiger partial charge in [0.25, 0.3) is 0 Å². The molecular formula is C18H22N4O2. The maximum Gasteiger partial charge on any atom is 0.228 e. The van der Waals surface area contributed by atoms with E-state index in [1.807, 2.05) is 34.6 Å². The predicted molar refractivity (Wildman–Crippen MR) is 88.1 cm³/mol. The van der Waals surface area contributed by atoms with Crippen LogP contribution < -0.4 is 0 Å². The number of hydrogen-bond acceptors (Lipinski definition) is 4. The Bertz CT molecular complexity index is 715. The second kappa shape index (κ2) is 6.36. The third kappa shape index (κ3) is 2.82. The largest absolute Gasteiger partial charge is 0.374 e. The van der Waals surface area contributed by atoms with Crippen molar-refractivity contribution in [3.05, 3.63) is 48.0 Å². The van der Waals surface area contributed by atoms with Gasteiger partial charge in [0.2, 0.25) is 5.91 Å². The fourth-order valence-corrected chi connectivity index (χ4v) is 3.69. The molecule has 0 saturated carbocycles. The van der Waals surface area contributed by atoms with E-state index >= 15 is 0 Å². The first-order valence-electron chi connectivity index (χ1n) is 8.56. The van der Waals surface area contributed by atoms with E-state index in [2.05, 4.69) is 22.3 Å². The van der Waals surface area contributed by atoms with Gasteiger partial charge in [-0.15, -0.1) is 10.2 Å². The van der Waals surface area contributed by atoms with Gasteiger partial charge in [-0.3, -0.25) is 4.79 Å². The maximum absolute atomic E-state index is 13.2. The molecule has 1 aromatic carbocycles. The van der Waals surface area contributed by atoms with Crippen LogP contribution in [-0.2, 0) is 22.5 Å². The minimum atomic E-state index is -0.00925. The lowest BCUT2D eigenvalue weighted by atomic mass is 9.95. The van der Waals surface area contributed by atoms with Crippen molar-refractivity contribution in [1.29, 1.82) is 0 Å². The Labute approximate surface area is 141 Å². The van der Waals surface area contributed by atoms with Gasteiger partial charge in [-0.05, 0) is 18.9 Å². The molecule has 0 N–H and O–H groups in total. The SMILES string of the molecule is CC1CN(C(=O)C2CCc3nncn3C2)C(c2ccccc2)CO1. The zero-order valence-corrected chi connectivity index (χ0v) is 13.8. The molecule has 2 aliphatic heterocycles. The van der Waals surface area contributed by atoms with Crippen LogP contribution in [0.15, 0.2) is 36.7 Å². The molecule has 24 heavy (non-hydrogen) atoms. The summed E-state index contributed by atoms with van der Waals surface area (Å²) in [6, 6.07) is 10.2. The van der Waals surface area contributed by atoms with Crippen molar-refractivity contribution in [3.63, 3.8) is 0 Å². The van der Waals surface area contributed by atoms with E-state index in [-0.39, 0.29) is 24.0 Å². The smallest absolute Gasteiger partial charge is 0.228 e. The van der Waals surface area contributed by atoms with Crippen LogP contribution in [0.4, 0.5) is 0 Å². The summed E-state index contributed by atoms with van der Waals surface area (Å²) in [4.78, 5) is 15.2. The highest BCUT2D eigenvalue weighted by Gasteiger charge is 2.36. The molecule has 0 bridgehead atoms. The van der Waals surface area contributed by atoms with E-state index in [0.29, 0.717) is 19.7 Å². The molecule has 0 aliphatic carbocycles. The van der Waals surface area contributed by atoms with Crippen molar-refractivity contribution < 1.29 is 9.53 Å². The standard InChI is InChI=1S/C18H22N4O2/c1-13-9-22(16(11-24-13)14-5-3-2-4-6-14)18(23)15-7-8-17-20-19-12-21(17)10-15/h2-6,12-13,15-16H,7-11H2,1H3. The lowest BCUT2D eigenvalue weighted by molar-refractivity contribution is -0.150. The fourth-order valence-electron chi connectivity index (χ4n) is 3.69. The van der Waals surface area contributed by atoms with E-state index in [4.69, 9.17) is 4.74 Å². The summed E-state index contributed by atoms with van der Waals surface area (Å²) in [7, 11) is 0. The quantitative estimate of drug-likeness (QED) is 0.845. The summed E-state index contributed by atoms with van der Waals surface area (Å²) in [5.41, 5.74) is 1.14. The van der Waals surface area contributed by atoms with Gasteiger partial charge in [-0.1, -0.05) is 30.3 Å². The van der Waals surface area contributed by atoms with Crippen LogP contribution in [0.3, 0.4) is 0 Å². The highest BCUT2D eigenvalue weighted by molar-refractivity contribution is 5.79. The Morgan fingerprint density at radius 3 is 2.92 bits per heavy atom.